The Labute approximate surface area is 187 Å². The smallest absolute Gasteiger partial charge is 0.260 e. The Kier molecular flexibility index (Phi) is 8.66. The highest BCUT2D eigenvalue weighted by molar-refractivity contribution is 7.94. The van der Waals surface area contributed by atoms with Crippen LogP contribution in [0.1, 0.15) is 5.69 Å². The summed E-state index contributed by atoms with van der Waals surface area (Å²) in [4.78, 5) is 20.3. The summed E-state index contributed by atoms with van der Waals surface area (Å²) in [6, 6.07) is 9.25. The van der Waals surface area contributed by atoms with Crippen LogP contribution < -0.4 is 4.74 Å². The third-order valence-electron chi connectivity index (χ3n) is 4.56. The maximum atomic E-state index is 12.5. The van der Waals surface area contributed by atoms with E-state index in [0.717, 1.165) is 18.5 Å². The Morgan fingerprint density at radius 2 is 1.83 bits per heavy atom. The van der Waals surface area contributed by atoms with E-state index >= 15 is 0 Å². The molecule has 30 heavy (non-hydrogen) atoms. The van der Waals surface area contributed by atoms with Gasteiger partial charge in [-0.05, 0) is 49.5 Å². The van der Waals surface area contributed by atoms with Crippen LogP contribution in [0.3, 0.4) is 0 Å². The number of nitrogens with zero attached hydrogens (tertiary/aromatic N) is 3. The minimum absolute atomic E-state index is 0. The SMILES string of the molecule is CN1CCN(C(=O)COc2ccc(S(=O)(=O)/C=C/c3ncccc3Cl)cc2)CC1.Cl. The van der Waals surface area contributed by atoms with Crippen molar-refractivity contribution in [2.24, 2.45) is 0 Å². The second-order valence-corrected chi connectivity index (χ2v) is 8.90. The minimum Gasteiger partial charge on any atom is -0.484 e. The number of benzene rings is 1. The molecule has 1 aliphatic heterocycles. The van der Waals surface area contributed by atoms with Gasteiger partial charge in [-0.15, -0.1) is 12.4 Å². The number of halogens is 2. The molecule has 1 amide bonds. The summed E-state index contributed by atoms with van der Waals surface area (Å²) < 4.78 is 30.4. The van der Waals surface area contributed by atoms with Crippen LogP contribution in [0.2, 0.25) is 5.02 Å². The lowest BCUT2D eigenvalue weighted by Gasteiger charge is -2.32. The highest BCUT2D eigenvalue weighted by Crippen LogP contribution is 2.20. The normalized spacial score (nSPS) is 15.1. The van der Waals surface area contributed by atoms with Crippen LogP contribution in [0.15, 0.2) is 52.9 Å². The van der Waals surface area contributed by atoms with Crippen molar-refractivity contribution in [2.45, 2.75) is 4.90 Å². The van der Waals surface area contributed by atoms with Crippen molar-refractivity contribution in [3.8, 4) is 5.75 Å². The molecule has 0 spiro atoms. The van der Waals surface area contributed by atoms with E-state index in [2.05, 4.69) is 9.88 Å². The van der Waals surface area contributed by atoms with E-state index in [1.807, 2.05) is 7.05 Å². The van der Waals surface area contributed by atoms with Gasteiger partial charge in [-0.1, -0.05) is 11.6 Å². The number of carbonyl (C=O) groups excluding carboxylic acids is 1. The summed E-state index contributed by atoms with van der Waals surface area (Å²) in [5.74, 6) is 0.355. The van der Waals surface area contributed by atoms with E-state index in [4.69, 9.17) is 16.3 Å². The molecule has 0 unspecified atom stereocenters. The van der Waals surface area contributed by atoms with Gasteiger partial charge in [0.05, 0.1) is 15.6 Å². The molecule has 3 rings (SSSR count). The molecule has 7 nitrogen and oxygen atoms in total. The first-order valence-electron chi connectivity index (χ1n) is 9.08. The van der Waals surface area contributed by atoms with Crippen LogP contribution in [0.5, 0.6) is 5.75 Å². The Balaban J connectivity index is 0.00000320. The van der Waals surface area contributed by atoms with E-state index in [9.17, 15) is 13.2 Å². The number of hydrogen-bond acceptors (Lipinski definition) is 6. The minimum atomic E-state index is -3.66. The standard InChI is InChI=1S/C20H22ClN3O4S.ClH/c1-23-10-12-24(13-11-23)20(25)15-28-16-4-6-17(7-5-16)29(26,27)14-8-19-18(21)3-2-9-22-19;/h2-9,14H,10-13,15H2,1H3;1H/b14-8+;. The molecule has 0 bridgehead atoms. The topological polar surface area (TPSA) is 79.8 Å². The molecule has 0 radical (unpaired) electrons. The summed E-state index contributed by atoms with van der Waals surface area (Å²) in [7, 11) is -1.64. The number of aromatic nitrogens is 1. The number of rotatable bonds is 6. The van der Waals surface area contributed by atoms with Crippen LogP contribution in [0, 0.1) is 0 Å². The number of piperazine rings is 1. The molecule has 1 aromatic carbocycles. The van der Waals surface area contributed by atoms with Crippen molar-refractivity contribution in [2.75, 3.05) is 39.8 Å². The Morgan fingerprint density at radius 3 is 2.47 bits per heavy atom. The zero-order valence-corrected chi connectivity index (χ0v) is 18.8. The number of sulfone groups is 1. The van der Waals surface area contributed by atoms with E-state index in [-0.39, 0.29) is 29.8 Å². The monoisotopic (exact) mass is 471 g/mol. The maximum Gasteiger partial charge on any atom is 0.260 e. The molecule has 1 aromatic heterocycles. The highest BCUT2D eigenvalue weighted by atomic mass is 35.5. The van der Waals surface area contributed by atoms with Crippen LogP contribution >= 0.6 is 24.0 Å². The summed E-state index contributed by atoms with van der Waals surface area (Å²) in [6.45, 7) is 2.98. The molecule has 2 aromatic rings. The lowest BCUT2D eigenvalue weighted by Crippen LogP contribution is -2.48. The highest BCUT2D eigenvalue weighted by Gasteiger charge is 2.19. The second kappa shape index (κ2) is 10.8. The van der Waals surface area contributed by atoms with Crippen LogP contribution in [-0.4, -0.2) is 68.9 Å². The van der Waals surface area contributed by atoms with Gasteiger partial charge >= 0.3 is 0 Å². The van der Waals surface area contributed by atoms with Crippen molar-refractivity contribution in [3.63, 3.8) is 0 Å². The summed E-state index contributed by atoms with van der Waals surface area (Å²) in [5.41, 5.74) is 0.375. The van der Waals surface area contributed by atoms with Gasteiger partial charge in [-0.25, -0.2) is 8.42 Å². The summed E-state index contributed by atoms with van der Waals surface area (Å²) >= 11 is 5.98. The van der Waals surface area contributed by atoms with Gasteiger partial charge < -0.3 is 14.5 Å². The maximum absolute atomic E-state index is 12.5. The molecule has 1 fully saturated rings. The van der Waals surface area contributed by atoms with Crippen molar-refractivity contribution in [1.82, 2.24) is 14.8 Å². The number of carbonyl (C=O) groups is 1. The van der Waals surface area contributed by atoms with E-state index in [1.54, 1.807) is 17.0 Å². The molecular weight excluding hydrogens is 449 g/mol. The Hall–Kier alpha value is -2.13. The van der Waals surface area contributed by atoms with Crippen molar-refractivity contribution in [3.05, 3.63) is 58.7 Å². The Morgan fingerprint density at radius 1 is 1.17 bits per heavy atom. The molecule has 0 saturated carbocycles. The van der Waals surface area contributed by atoms with Gasteiger partial charge in [-0.2, -0.15) is 0 Å². The fourth-order valence-electron chi connectivity index (χ4n) is 2.77. The molecule has 1 aliphatic rings. The number of pyridine rings is 1. The molecule has 0 N–H and O–H groups in total. The van der Waals surface area contributed by atoms with E-state index < -0.39 is 9.84 Å². The molecule has 2 heterocycles. The number of ether oxygens (including phenoxy) is 1. The first-order chi connectivity index (χ1) is 13.8. The van der Waals surface area contributed by atoms with Gasteiger partial charge in [0.1, 0.15) is 5.75 Å². The third-order valence-corrected chi connectivity index (χ3v) is 6.31. The predicted octanol–water partition coefficient (Wildman–Crippen LogP) is 2.75. The molecule has 1 saturated heterocycles. The Bertz CT molecular complexity index is 989. The van der Waals surface area contributed by atoms with E-state index in [0.29, 0.717) is 29.6 Å². The number of amides is 1. The molecule has 162 valence electrons. The lowest BCUT2D eigenvalue weighted by molar-refractivity contribution is -0.134. The fraction of sp³-hybridized carbons (Fsp3) is 0.300. The van der Waals surface area contributed by atoms with Crippen molar-refractivity contribution in [1.29, 1.82) is 0 Å². The molecular formula is C20H23Cl2N3O4S. The second-order valence-electron chi connectivity index (χ2n) is 6.66. The average molecular weight is 472 g/mol. The summed E-state index contributed by atoms with van der Waals surface area (Å²) in [5, 5.41) is 1.43. The molecule has 0 atom stereocenters. The van der Waals surface area contributed by atoms with Gasteiger partial charge in [0.15, 0.2) is 16.4 Å². The van der Waals surface area contributed by atoms with Gasteiger partial charge in [0.2, 0.25) is 0 Å². The van der Waals surface area contributed by atoms with Gasteiger partial charge in [0.25, 0.3) is 5.91 Å². The van der Waals surface area contributed by atoms with Gasteiger partial charge in [0, 0.05) is 37.8 Å². The first-order valence-corrected chi connectivity index (χ1v) is 11.0. The van der Waals surface area contributed by atoms with Crippen LogP contribution in [0.4, 0.5) is 0 Å². The fourth-order valence-corrected chi connectivity index (χ4v) is 3.94. The summed E-state index contributed by atoms with van der Waals surface area (Å²) in [6.07, 6.45) is 2.89. The van der Waals surface area contributed by atoms with Gasteiger partial charge in [-0.3, -0.25) is 9.78 Å². The molecule has 0 aliphatic carbocycles. The zero-order chi connectivity index (χ0) is 20.9. The number of likely N-dealkylation sites (N-methyl/N-ethyl adjacent to an activating group) is 1. The average Bonchev–Trinajstić information content (AvgIpc) is 2.72. The predicted molar refractivity (Wildman–Crippen MR) is 119 cm³/mol. The third kappa shape index (κ3) is 6.43. The first kappa shape index (κ1) is 24.1. The van der Waals surface area contributed by atoms with Crippen LogP contribution in [-0.2, 0) is 14.6 Å². The molecule has 10 heteroatoms. The largest absolute Gasteiger partial charge is 0.484 e. The van der Waals surface area contributed by atoms with Crippen molar-refractivity contribution >= 4 is 45.8 Å². The van der Waals surface area contributed by atoms with Crippen LogP contribution in [0.25, 0.3) is 6.08 Å². The quantitative estimate of drug-likeness (QED) is 0.644. The van der Waals surface area contributed by atoms with E-state index in [1.165, 1.54) is 36.5 Å². The number of hydrogen-bond donors (Lipinski definition) is 0. The zero-order valence-electron chi connectivity index (χ0n) is 16.4. The van der Waals surface area contributed by atoms with Crippen molar-refractivity contribution < 1.29 is 17.9 Å². The lowest BCUT2D eigenvalue weighted by atomic mass is 10.3.